The number of carbonyl (C=O) groups is 1. The number of benzene rings is 2. The number of hydrogen-bond donors (Lipinski definition) is 4. The summed E-state index contributed by atoms with van der Waals surface area (Å²) in [5.41, 5.74) is -0.0464. The zero-order valence-corrected chi connectivity index (χ0v) is 17.8. The molecule has 1 aliphatic rings. The molecule has 7 nitrogen and oxygen atoms in total. The second-order valence-corrected chi connectivity index (χ2v) is 7.92. The van der Waals surface area contributed by atoms with Crippen LogP contribution in [0.2, 0.25) is 0 Å². The number of rotatable bonds is 4. The minimum absolute atomic E-state index is 0.00499. The van der Waals surface area contributed by atoms with Gasteiger partial charge >= 0.3 is 6.18 Å². The number of carbonyl (C=O) groups excluding carboxylic acids is 1. The fourth-order valence-corrected chi connectivity index (χ4v) is 3.66. The van der Waals surface area contributed by atoms with Crippen LogP contribution in [0.15, 0.2) is 53.5 Å². The zero-order valence-electron chi connectivity index (χ0n) is 17.8. The van der Waals surface area contributed by atoms with Crippen LogP contribution in [0, 0.1) is 5.82 Å². The third-order valence-electron chi connectivity index (χ3n) is 5.44. The van der Waals surface area contributed by atoms with E-state index in [1.807, 2.05) is 0 Å². The van der Waals surface area contributed by atoms with Gasteiger partial charge in [0.05, 0.1) is 11.3 Å². The summed E-state index contributed by atoms with van der Waals surface area (Å²) in [6, 6.07) is 9.32. The second kappa shape index (κ2) is 9.54. The molecule has 1 amide bonds. The predicted octanol–water partition coefficient (Wildman–Crippen LogP) is 5.08. The Morgan fingerprint density at radius 3 is 2.44 bits per heavy atom. The smallest absolute Gasteiger partial charge is 0.416 e. The van der Waals surface area contributed by atoms with Crippen molar-refractivity contribution < 1.29 is 27.5 Å². The molecule has 0 unspecified atom stereocenters. The molecule has 0 atom stereocenters. The molecule has 1 heterocycles. The molecule has 11 heteroatoms. The Kier molecular flexibility index (Phi) is 6.53. The number of guanidine groups is 1. The van der Waals surface area contributed by atoms with Crippen LogP contribution in [-0.2, 0) is 6.18 Å². The van der Waals surface area contributed by atoms with Gasteiger partial charge in [0.15, 0.2) is 11.6 Å². The van der Waals surface area contributed by atoms with E-state index < -0.39 is 29.2 Å². The van der Waals surface area contributed by atoms with Gasteiger partial charge in [-0.2, -0.15) is 23.3 Å². The Labute approximate surface area is 191 Å². The van der Waals surface area contributed by atoms with Gasteiger partial charge in [0.25, 0.3) is 5.91 Å². The SMILES string of the molecule is O=C(/N=C(\Nc1cc(-c2ccc(O)c(F)c2)n[nH]1)NC1CCCC1)c1ccc(C(F)(F)F)cc1. The fraction of sp³-hybridized carbons (Fsp3) is 0.261. The summed E-state index contributed by atoms with van der Waals surface area (Å²) in [5, 5.41) is 22.3. The van der Waals surface area contributed by atoms with Crippen LogP contribution in [0.3, 0.4) is 0 Å². The van der Waals surface area contributed by atoms with Crippen LogP contribution in [0.5, 0.6) is 5.75 Å². The minimum Gasteiger partial charge on any atom is -0.505 e. The predicted molar refractivity (Wildman–Crippen MR) is 118 cm³/mol. The van der Waals surface area contributed by atoms with E-state index in [1.165, 1.54) is 12.1 Å². The number of aromatic nitrogens is 2. The van der Waals surface area contributed by atoms with Gasteiger partial charge in [-0.3, -0.25) is 9.89 Å². The molecule has 4 rings (SSSR count). The largest absolute Gasteiger partial charge is 0.505 e. The number of alkyl halides is 3. The van der Waals surface area contributed by atoms with Crippen molar-refractivity contribution in [2.75, 3.05) is 5.32 Å². The van der Waals surface area contributed by atoms with Crippen LogP contribution in [-0.4, -0.2) is 33.2 Å². The molecular weight excluding hydrogens is 454 g/mol. The number of anilines is 1. The topological polar surface area (TPSA) is 102 Å². The van der Waals surface area contributed by atoms with Gasteiger partial charge in [0, 0.05) is 23.2 Å². The van der Waals surface area contributed by atoms with Crippen LogP contribution in [0.25, 0.3) is 11.3 Å². The molecule has 1 aliphatic carbocycles. The molecule has 1 fully saturated rings. The van der Waals surface area contributed by atoms with E-state index in [0.717, 1.165) is 56.0 Å². The highest BCUT2D eigenvalue weighted by Crippen LogP contribution is 2.29. The molecule has 2 aromatic carbocycles. The van der Waals surface area contributed by atoms with Crippen LogP contribution >= 0.6 is 0 Å². The van der Waals surface area contributed by atoms with Crippen molar-refractivity contribution in [3.63, 3.8) is 0 Å². The maximum absolute atomic E-state index is 13.7. The van der Waals surface area contributed by atoms with Crippen molar-refractivity contribution >= 4 is 17.7 Å². The summed E-state index contributed by atoms with van der Waals surface area (Å²) >= 11 is 0. The third-order valence-corrected chi connectivity index (χ3v) is 5.44. The number of nitrogens with zero attached hydrogens (tertiary/aromatic N) is 2. The molecule has 0 aliphatic heterocycles. The zero-order chi connectivity index (χ0) is 24.3. The van der Waals surface area contributed by atoms with Crippen LogP contribution < -0.4 is 10.6 Å². The van der Waals surface area contributed by atoms with Crippen molar-refractivity contribution in [3.05, 3.63) is 65.5 Å². The fourth-order valence-electron chi connectivity index (χ4n) is 3.66. The lowest BCUT2D eigenvalue weighted by Crippen LogP contribution is -2.38. The molecule has 0 radical (unpaired) electrons. The number of aliphatic imine (C=N–C) groups is 1. The number of amides is 1. The highest BCUT2D eigenvalue weighted by atomic mass is 19.4. The maximum atomic E-state index is 13.7. The Morgan fingerprint density at radius 1 is 1.09 bits per heavy atom. The van der Waals surface area contributed by atoms with Crippen molar-refractivity contribution in [1.29, 1.82) is 0 Å². The number of nitrogens with one attached hydrogen (secondary N) is 3. The van der Waals surface area contributed by atoms with E-state index in [2.05, 4.69) is 25.8 Å². The van der Waals surface area contributed by atoms with Gasteiger partial charge in [-0.15, -0.1) is 0 Å². The summed E-state index contributed by atoms with van der Waals surface area (Å²) in [4.78, 5) is 16.7. The first-order chi connectivity index (χ1) is 16.2. The van der Waals surface area contributed by atoms with Crippen molar-refractivity contribution in [2.45, 2.75) is 37.9 Å². The monoisotopic (exact) mass is 475 g/mol. The maximum Gasteiger partial charge on any atom is 0.416 e. The quantitative estimate of drug-likeness (QED) is 0.239. The van der Waals surface area contributed by atoms with E-state index in [0.29, 0.717) is 17.1 Å². The van der Waals surface area contributed by atoms with Gasteiger partial charge in [0.1, 0.15) is 5.82 Å². The summed E-state index contributed by atoms with van der Waals surface area (Å²) in [6.07, 6.45) is -0.677. The molecule has 1 aromatic heterocycles. The number of hydrogen-bond acceptors (Lipinski definition) is 3. The minimum atomic E-state index is -4.50. The van der Waals surface area contributed by atoms with E-state index in [9.17, 15) is 27.5 Å². The molecule has 1 saturated carbocycles. The van der Waals surface area contributed by atoms with Gasteiger partial charge in [-0.25, -0.2) is 4.39 Å². The van der Waals surface area contributed by atoms with Crippen LogP contribution in [0.1, 0.15) is 41.6 Å². The third kappa shape index (κ3) is 5.53. The Bertz CT molecular complexity index is 1200. The van der Waals surface area contributed by atoms with Gasteiger partial charge in [-0.1, -0.05) is 12.8 Å². The van der Waals surface area contributed by atoms with E-state index in [4.69, 9.17) is 0 Å². The molecule has 178 valence electrons. The average molecular weight is 475 g/mol. The van der Waals surface area contributed by atoms with Gasteiger partial charge in [-0.05, 0) is 55.3 Å². The molecule has 4 N–H and O–H groups in total. The number of phenolic OH excluding ortho intramolecular Hbond substituents is 1. The first-order valence-electron chi connectivity index (χ1n) is 10.6. The summed E-state index contributed by atoms with van der Waals surface area (Å²) in [7, 11) is 0. The summed E-state index contributed by atoms with van der Waals surface area (Å²) in [5.74, 6) is -1.52. The standard InChI is InChI=1S/C23H21F4N5O2/c24-17-11-14(7-10-19(17)33)18-12-20(32-31-18)29-22(28-16-3-1-2-4-16)30-21(34)13-5-8-15(9-6-13)23(25,26)27/h5-12,16,33H,1-4H2,(H3,28,29,30,31,32,34). The van der Waals surface area contributed by atoms with Gasteiger partial charge < -0.3 is 15.7 Å². The lowest BCUT2D eigenvalue weighted by atomic mass is 10.1. The first-order valence-corrected chi connectivity index (χ1v) is 10.6. The summed E-state index contributed by atoms with van der Waals surface area (Å²) in [6.45, 7) is 0. The molecule has 0 bridgehead atoms. The number of halogens is 4. The van der Waals surface area contributed by atoms with E-state index in [-0.39, 0.29) is 17.6 Å². The van der Waals surface area contributed by atoms with Gasteiger partial charge in [0.2, 0.25) is 5.96 Å². The second-order valence-electron chi connectivity index (χ2n) is 7.92. The number of H-pyrrole nitrogens is 1. The van der Waals surface area contributed by atoms with Crippen molar-refractivity contribution in [3.8, 4) is 17.0 Å². The molecule has 0 spiro atoms. The van der Waals surface area contributed by atoms with E-state index in [1.54, 1.807) is 6.07 Å². The normalized spacial score (nSPS) is 14.9. The number of aromatic amines is 1. The van der Waals surface area contributed by atoms with E-state index >= 15 is 0 Å². The van der Waals surface area contributed by atoms with Crippen molar-refractivity contribution in [2.24, 2.45) is 4.99 Å². The highest BCUT2D eigenvalue weighted by Gasteiger charge is 2.30. The number of phenols is 1. The Hall–Kier alpha value is -3.89. The lowest BCUT2D eigenvalue weighted by molar-refractivity contribution is -0.137. The molecule has 0 saturated heterocycles. The Balaban J connectivity index is 1.55. The van der Waals surface area contributed by atoms with Crippen molar-refractivity contribution in [1.82, 2.24) is 15.5 Å². The molecular formula is C23H21F4N5O2. The lowest BCUT2D eigenvalue weighted by Gasteiger charge is -2.16. The highest BCUT2D eigenvalue weighted by molar-refractivity contribution is 6.06. The summed E-state index contributed by atoms with van der Waals surface area (Å²) < 4.78 is 52.0. The van der Waals surface area contributed by atoms with Crippen LogP contribution in [0.4, 0.5) is 23.4 Å². The first kappa shape index (κ1) is 23.3. The molecule has 3 aromatic rings. The Morgan fingerprint density at radius 2 is 1.79 bits per heavy atom. The number of aromatic hydroxyl groups is 1. The molecule has 34 heavy (non-hydrogen) atoms. The average Bonchev–Trinajstić information content (AvgIpc) is 3.47.